The highest BCUT2D eigenvalue weighted by Gasteiger charge is 2.14. The maximum Gasteiger partial charge on any atom is 0.226 e. The first-order valence-electron chi connectivity index (χ1n) is 5.91. The van der Waals surface area contributed by atoms with E-state index >= 15 is 0 Å². The highest BCUT2D eigenvalue weighted by molar-refractivity contribution is 7.90. The molecule has 0 fully saturated rings. The van der Waals surface area contributed by atoms with Gasteiger partial charge < -0.3 is 5.32 Å². The lowest BCUT2D eigenvalue weighted by molar-refractivity contribution is -0.115. The normalized spacial score (nSPS) is 11.5. The first-order valence-corrected chi connectivity index (χ1v) is 7.97. The third-order valence-corrected chi connectivity index (χ3v) is 3.56. The molecule has 0 saturated heterocycles. The van der Waals surface area contributed by atoms with E-state index in [1.165, 1.54) is 0 Å². The maximum absolute atomic E-state index is 11.6. The van der Waals surface area contributed by atoms with Gasteiger partial charge in [-0.1, -0.05) is 13.8 Å². The smallest absolute Gasteiger partial charge is 0.226 e. The van der Waals surface area contributed by atoms with Crippen molar-refractivity contribution in [3.8, 4) is 0 Å². The van der Waals surface area contributed by atoms with E-state index in [-0.39, 0.29) is 18.1 Å². The number of sulfone groups is 1. The standard InChI is InChI=1S/C11H19N3O3S/c1-4-8-9(5-2)13-14-11(8)12-10(15)6-7-18(3,16)17/h4-7H2,1-3H3,(H2,12,13,14,15). The SMILES string of the molecule is CCc1[nH]nc(NC(=O)CCS(C)(=O)=O)c1CC. The summed E-state index contributed by atoms with van der Waals surface area (Å²) in [6.45, 7) is 3.98. The molecule has 6 nitrogen and oxygen atoms in total. The minimum atomic E-state index is -3.12. The minimum Gasteiger partial charge on any atom is -0.309 e. The van der Waals surface area contributed by atoms with E-state index in [0.29, 0.717) is 5.82 Å². The van der Waals surface area contributed by atoms with Gasteiger partial charge in [0.15, 0.2) is 5.82 Å². The monoisotopic (exact) mass is 273 g/mol. The van der Waals surface area contributed by atoms with Crippen molar-refractivity contribution in [1.29, 1.82) is 0 Å². The lowest BCUT2D eigenvalue weighted by Crippen LogP contribution is -2.17. The van der Waals surface area contributed by atoms with Crippen molar-refractivity contribution in [1.82, 2.24) is 10.2 Å². The first-order chi connectivity index (χ1) is 8.37. The summed E-state index contributed by atoms with van der Waals surface area (Å²) >= 11 is 0. The van der Waals surface area contributed by atoms with Crippen LogP contribution in [0.4, 0.5) is 5.82 Å². The second kappa shape index (κ2) is 5.99. The first kappa shape index (κ1) is 14.7. The molecule has 0 atom stereocenters. The third kappa shape index (κ3) is 4.14. The molecule has 0 unspecified atom stereocenters. The molecule has 1 aromatic heterocycles. The number of aromatic nitrogens is 2. The van der Waals surface area contributed by atoms with Gasteiger partial charge in [-0.2, -0.15) is 5.10 Å². The Morgan fingerprint density at radius 1 is 1.33 bits per heavy atom. The van der Waals surface area contributed by atoms with Gasteiger partial charge in [0.1, 0.15) is 9.84 Å². The molecule has 0 spiro atoms. The largest absolute Gasteiger partial charge is 0.309 e. The number of anilines is 1. The van der Waals surface area contributed by atoms with Crippen LogP contribution in [0.3, 0.4) is 0 Å². The highest BCUT2D eigenvalue weighted by atomic mass is 32.2. The average Bonchev–Trinajstić information content (AvgIpc) is 2.67. The second-order valence-corrected chi connectivity index (χ2v) is 6.42. The van der Waals surface area contributed by atoms with Gasteiger partial charge in [0.2, 0.25) is 5.91 Å². The van der Waals surface area contributed by atoms with Gasteiger partial charge in [0, 0.05) is 23.9 Å². The number of carbonyl (C=O) groups is 1. The van der Waals surface area contributed by atoms with Crippen LogP contribution in [0.5, 0.6) is 0 Å². The molecule has 0 aromatic carbocycles. The molecule has 1 aromatic rings. The molecule has 18 heavy (non-hydrogen) atoms. The zero-order valence-electron chi connectivity index (χ0n) is 10.9. The summed E-state index contributed by atoms with van der Waals surface area (Å²) in [6.07, 6.45) is 2.65. The Bertz CT molecular complexity index is 520. The van der Waals surface area contributed by atoms with Gasteiger partial charge in [-0.15, -0.1) is 0 Å². The lowest BCUT2D eigenvalue weighted by Gasteiger charge is -2.04. The molecule has 1 amide bonds. The van der Waals surface area contributed by atoms with Crippen molar-refractivity contribution in [3.05, 3.63) is 11.3 Å². The number of amides is 1. The number of nitrogens with zero attached hydrogens (tertiary/aromatic N) is 1. The fourth-order valence-electron chi connectivity index (χ4n) is 1.65. The zero-order valence-corrected chi connectivity index (χ0v) is 11.7. The van der Waals surface area contributed by atoms with Gasteiger partial charge >= 0.3 is 0 Å². The Labute approximate surface area is 107 Å². The second-order valence-electron chi connectivity index (χ2n) is 4.16. The van der Waals surface area contributed by atoms with Crippen molar-refractivity contribution < 1.29 is 13.2 Å². The number of aryl methyl sites for hydroxylation is 1. The van der Waals surface area contributed by atoms with Crippen molar-refractivity contribution in [2.45, 2.75) is 33.1 Å². The van der Waals surface area contributed by atoms with Crippen LogP contribution in [0.15, 0.2) is 0 Å². The molecule has 0 saturated carbocycles. The molecular weight excluding hydrogens is 254 g/mol. The molecular formula is C11H19N3O3S. The molecule has 102 valence electrons. The molecule has 2 N–H and O–H groups in total. The Balaban J connectivity index is 2.67. The summed E-state index contributed by atoms with van der Waals surface area (Å²) in [7, 11) is -3.12. The summed E-state index contributed by atoms with van der Waals surface area (Å²) < 4.78 is 21.9. The van der Waals surface area contributed by atoms with Gasteiger partial charge in [0.05, 0.1) is 5.75 Å². The third-order valence-electron chi connectivity index (χ3n) is 2.62. The van der Waals surface area contributed by atoms with Gasteiger partial charge in [-0.05, 0) is 12.8 Å². The van der Waals surface area contributed by atoms with Gasteiger partial charge in [-0.25, -0.2) is 8.42 Å². The fraction of sp³-hybridized carbons (Fsp3) is 0.636. The van der Waals surface area contributed by atoms with Crippen LogP contribution in [0, 0.1) is 0 Å². The molecule has 0 bridgehead atoms. The number of nitrogens with one attached hydrogen (secondary N) is 2. The van der Waals surface area contributed by atoms with Crippen LogP contribution >= 0.6 is 0 Å². The van der Waals surface area contributed by atoms with E-state index in [0.717, 1.165) is 30.4 Å². The molecule has 0 aliphatic rings. The van der Waals surface area contributed by atoms with Crippen LogP contribution in [0.1, 0.15) is 31.5 Å². The van der Waals surface area contributed by atoms with Crippen LogP contribution in [0.2, 0.25) is 0 Å². The summed E-state index contributed by atoms with van der Waals surface area (Å²) in [6, 6.07) is 0. The minimum absolute atomic E-state index is 0.0453. The summed E-state index contributed by atoms with van der Waals surface area (Å²) in [5.74, 6) is 0.0304. The number of carbonyl (C=O) groups excluding carboxylic acids is 1. The number of hydrogen-bond acceptors (Lipinski definition) is 4. The van der Waals surface area contributed by atoms with Crippen LogP contribution < -0.4 is 5.32 Å². The predicted octanol–water partition coefficient (Wildman–Crippen LogP) is 0.908. The highest BCUT2D eigenvalue weighted by Crippen LogP contribution is 2.17. The predicted molar refractivity (Wildman–Crippen MR) is 70.3 cm³/mol. The summed E-state index contributed by atoms with van der Waals surface area (Å²) in [4.78, 5) is 11.6. The maximum atomic E-state index is 11.6. The van der Waals surface area contributed by atoms with Gasteiger partial charge in [-0.3, -0.25) is 9.89 Å². The molecule has 0 aliphatic heterocycles. The molecule has 1 heterocycles. The summed E-state index contributed by atoms with van der Waals surface area (Å²) in [5, 5.41) is 9.55. The fourth-order valence-corrected chi connectivity index (χ4v) is 2.21. The van der Waals surface area contributed by atoms with Crippen molar-refractivity contribution >= 4 is 21.6 Å². The number of hydrogen-bond donors (Lipinski definition) is 2. The quantitative estimate of drug-likeness (QED) is 0.805. The number of rotatable bonds is 6. The Hall–Kier alpha value is -1.37. The lowest BCUT2D eigenvalue weighted by atomic mass is 10.1. The summed E-state index contributed by atoms with van der Waals surface area (Å²) in [5.41, 5.74) is 1.97. The van der Waals surface area contributed by atoms with E-state index in [2.05, 4.69) is 15.5 Å². The van der Waals surface area contributed by atoms with E-state index in [4.69, 9.17) is 0 Å². The van der Waals surface area contributed by atoms with Crippen molar-refractivity contribution in [2.75, 3.05) is 17.3 Å². The number of H-pyrrole nitrogens is 1. The number of aromatic amines is 1. The van der Waals surface area contributed by atoms with E-state index in [9.17, 15) is 13.2 Å². The van der Waals surface area contributed by atoms with Gasteiger partial charge in [0.25, 0.3) is 0 Å². The molecule has 7 heteroatoms. The van der Waals surface area contributed by atoms with E-state index in [1.54, 1.807) is 0 Å². The molecule has 0 radical (unpaired) electrons. The van der Waals surface area contributed by atoms with Crippen LogP contribution in [0.25, 0.3) is 0 Å². The zero-order chi connectivity index (χ0) is 13.8. The van der Waals surface area contributed by atoms with Crippen LogP contribution in [-0.2, 0) is 27.5 Å². The van der Waals surface area contributed by atoms with Crippen molar-refractivity contribution in [3.63, 3.8) is 0 Å². The van der Waals surface area contributed by atoms with E-state index < -0.39 is 9.84 Å². The van der Waals surface area contributed by atoms with Crippen LogP contribution in [-0.4, -0.2) is 36.5 Å². The molecule has 1 rings (SSSR count). The van der Waals surface area contributed by atoms with Crippen molar-refractivity contribution in [2.24, 2.45) is 0 Å². The molecule has 0 aliphatic carbocycles. The topological polar surface area (TPSA) is 91.9 Å². The Morgan fingerprint density at radius 3 is 2.50 bits per heavy atom. The Kier molecular flexibility index (Phi) is 4.89. The Morgan fingerprint density at radius 2 is 2.00 bits per heavy atom. The average molecular weight is 273 g/mol. The van der Waals surface area contributed by atoms with E-state index in [1.807, 2.05) is 13.8 Å².